The Balaban J connectivity index is 2.42. The third-order valence-corrected chi connectivity index (χ3v) is 2.40. The number of aliphatic hydroxyl groups is 1. The number of rotatable bonds is 3. The van der Waals surface area contributed by atoms with Crippen LogP contribution in [0.4, 0.5) is 0 Å². The average Bonchev–Trinajstić information content (AvgIpc) is 2.61. The summed E-state index contributed by atoms with van der Waals surface area (Å²) >= 11 is 0. The molecular weight excluding hydrogens is 176 g/mol. The lowest BCUT2D eigenvalue weighted by atomic mass is 10.1. The Morgan fingerprint density at radius 1 is 1.57 bits per heavy atom. The molecule has 0 aliphatic heterocycles. The van der Waals surface area contributed by atoms with Gasteiger partial charge in [0.2, 0.25) is 0 Å². The van der Waals surface area contributed by atoms with Crippen molar-refractivity contribution in [3.05, 3.63) is 30.1 Å². The molecule has 3 nitrogen and oxygen atoms in total. The van der Waals surface area contributed by atoms with Gasteiger partial charge in [0.15, 0.2) is 0 Å². The first-order valence-corrected chi connectivity index (χ1v) is 4.93. The molecule has 2 rings (SSSR count). The maximum Gasteiger partial charge on any atom is 0.137 e. The monoisotopic (exact) mass is 190 g/mol. The fourth-order valence-electron chi connectivity index (χ4n) is 1.68. The van der Waals surface area contributed by atoms with E-state index in [1.807, 2.05) is 18.3 Å². The van der Waals surface area contributed by atoms with Crippen molar-refractivity contribution in [1.29, 1.82) is 0 Å². The number of hydrogen-bond acceptors (Lipinski definition) is 2. The summed E-state index contributed by atoms with van der Waals surface area (Å²) in [5, 5.41) is 10.9. The third kappa shape index (κ3) is 1.51. The molecule has 2 N–H and O–H groups in total. The highest BCUT2D eigenvalue weighted by molar-refractivity contribution is 5.79. The summed E-state index contributed by atoms with van der Waals surface area (Å²) in [6.45, 7) is 2.07. The van der Waals surface area contributed by atoms with Crippen LogP contribution in [0.5, 0.6) is 0 Å². The maximum atomic E-state index is 9.86. The molecule has 74 valence electrons. The second-order valence-corrected chi connectivity index (χ2v) is 3.45. The van der Waals surface area contributed by atoms with Crippen molar-refractivity contribution in [2.75, 3.05) is 0 Å². The minimum Gasteiger partial charge on any atom is -0.388 e. The van der Waals surface area contributed by atoms with E-state index in [0.717, 1.165) is 29.4 Å². The number of fused-ring (bicyclic) bond motifs is 1. The first kappa shape index (κ1) is 9.21. The summed E-state index contributed by atoms with van der Waals surface area (Å²) in [6, 6.07) is 3.87. The zero-order chi connectivity index (χ0) is 9.97. The zero-order valence-electron chi connectivity index (χ0n) is 8.20. The molecule has 2 heterocycles. The molecular formula is C11H14N2O. The van der Waals surface area contributed by atoms with Crippen LogP contribution in [0, 0.1) is 0 Å². The molecule has 0 aromatic carbocycles. The number of aromatic nitrogens is 2. The molecule has 0 fully saturated rings. The van der Waals surface area contributed by atoms with Gasteiger partial charge in [-0.05, 0) is 18.6 Å². The predicted octanol–water partition coefficient (Wildman–Crippen LogP) is 2.40. The number of pyridine rings is 1. The van der Waals surface area contributed by atoms with E-state index in [1.165, 1.54) is 0 Å². The molecule has 0 saturated carbocycles. The van der Waals surface area contributed by atoms with Crippen LogP contribution in [0.1, 0.15) is 31.4 Å². The van der Waals surface area contributed by atoms with Gasteiger partial charge in [-0.3, -0.25) is 0 Å². The van der Waals surface area contributed by atoms with Gasteiger partial charge in [-0.2, -0.15) is 0 Å². The highest BCUT2D eigenvalue weighted by Crippen LogP contribution is 2.25. The fraction of sp³-hybridized carbons (Fsp3) is 0.364. The smallest absolute Gasteiger partial charge is 0.137 e. The minimum absolute atomic E-state index is 0.377. The molecule has 2 aromatic rings. The van der Waals surface area contributed by atoms with Gasteiger partial charge in [-0.25, -0.2) is 4.98 Å². The summed E-state index contributed by atoms with van der Waals surface area (Å²) in [5.41, 5.74) is 1.80. The first-order valence-electron chi connectivity index (χ1n) is 4.93. The standard InChI is InChI=1S/C11H14N2O/c1-2-4-10(14)9-7-13-11-8(9)5-3-6-12-11/h3,5-7,10,14H,2,4H2,1H3,(H,12,13). The molecule has 0 amide bonds. The van der Waals surface area contributed by atoms with E-state index < -0.39 is 0 Å². The summed E-state index contributed by atoms with van der Waals surface area (Å²) in [4.78, 5) is 7.23. The average molecular weight is 190 g/mol. The van der Waals surface area contributed by atoms with Crippen molar-refractivity contribution in [1.82, 2.24) is 9.97 Å². The SMILES string of the molecule is CCCC(O)c1c[nH]c2ncccc12. The molecule has 0 saturated heterocycles. The van der Waals surface area contributed by atoms with Gasteiger partial charge in [0, 0.05) is 23.3 Å². The van der Waals surface area contributed by atoms with Crippen LogP contribution >= 0.6 is 0 Å². The van der Waals surface area contributed by atoms with Crippen molar-refractivity contribution in [2.45, 2.75) is 25.9 Å². The van der Waals surface area contributed by atoms with Crippen LogP contribution in [0.2, 0.25) is 0 Å². The molecule has 0 radical (unpaired) electrons. The Kier molecular flexibility index (Phi) is 2.50. The van der Waals surface area contributed by atoms with Crippen molar-refractivity contribution < 1.29 is 5.11 Å². The summed E-state index contributed by atoms with van der Waals surface area (Å²) < 4.78 is 0. The van der Waals surface area contributed by atoms with Crippen LogP contribution in [0.3, 0.4) is 0 Å². The van der Waals surface area contributed by atoms with Gasteiger partial charge in [0.05, 0.1) is 6.10 Å². The molecule has 14 heavy (non-hydrogen) atoms. The van der Waals surface area contributed by atoms with Crippen LogP contribution in [0.15, 0.2) is 24.5 Å². The van der Waals surface area contributed by atoms with E-state index in [0.29, 0.717) is 0 Å². The molecule has 1 unspecified atom stereocenters. The van der Waals surface area contributed by atoms with Gasteiger partial charge in [0.1, 0.15) is 5.65 Å². The second kappa shape index (κ2) is 3.80. The zero-order valence-corrected chi connectivity index (χ0v) is 8.20. The van der Waals surface area contributed by atoms with Crippen molar-refractivity contribution >= 4 is 11.0 Å². The van der Waals surface area contributed by atoms with E-state index in [-0.39, 0.29) is 6.10 Å². The van der Waals surface area contributed by atoms with Gasteiger partial charge in [-0.1, -0.05) is 13.3 Å². The number of hydrogen-bond donors (Lipinski definition) is 2. The van der Waals surface area contributed by atoms with Crippen LogP contribution < -0.4 is 0 Å². The molecule has 3 heteroatoms. The molecule has 0 aliphatic carbocycles. The highest BCUT2D eigenvalue weighted by atomic mass is 16.3. The Morgan fingerprint density at radius 2 is 2.43 bits per heavy atom. The summed E-state index contributed by atoms with van der Waals surface area (Å²) in [5.74, 6) is 0. The highest BCUT2D eigenvalue weighted by Gasteiger charge is 2.11. The normalized spacial score (nSPS) is 13.3. The molecule has 0 spiro atoms. The largest absolute Gasteiger partial charge is 0.388 e. The van der Waals surface area contributed by atoms with Crippen molar-refractivity contribution in [3.8, 4) is 0 Å². The van der Waals surface area contributed by atoms with Gasteiger partial charge < -0.3 is 10.1 Å². The van der Waals surface area contributed by atoms with E-state index >= 15 is 0 Å². The lowest BCUT2D eigenvalue weighted by molar-refractivity contribution is 0.168. The maximum absolute atomic E-state index is 9.86. The Bertz CT molecular complexity index is 422. The van der Waals surface area contributed by atoms with E-state index in [2.05, 4.69) is 16.9 Å². The second-order valence-electron chi connectivity index (χ2n) is 3.45. The number of nitrogens with one attached hydrogen (secondary N) is 1. The Hall–Kier alpha value is -1.35. The van der Waals surface area contributed by atoms with Gasteiger partial charge >= 0.3 is 0 Å². The third-order valence-electron chi connectivity index (χ3n) is 2.40. The van der Waals surface area contributed by atoms with Crippen molar-refractivity contribution in [3.63, 3.8) is 0 Å². The number of aliphatic hydroxyl groups excluding tert-OH is 1. The summed E-state index contributed by atoms with van der Waals surface area (Å²) in [6.07, 6.45) is 4.99. The van der Waals surface area contributed by atoms with Crippen LogP contribution in [-0.4, -0.2) is 15.1 Å². The predicted molar refractivity (Wildman–Crippen MR) is 56.0 cm³/mol. The molecule has 2 aromatic heterocycles. The van der Waals surface area contributed by atoms with Crippen LogP contribution in [-0.2, 0) is 0 Å². The first-order chi connectivity index (χ1) is 6.83. The lowest BCUT2D eigenvalue weighted by Gasteiger charge is -2.06. The summed E-state index contributed by atoms with van der Waals surface area (Å²) in [7, 11) is 0. The van der Waals surface area contributed by atoms with E-state index in [4.69, 9.17) is 0 Å². The lowest BCUT2D eigenvalue weighted by Crippen LogP contribution is -1.94. The van der Waals surface area contributed by atoms with Crippen molar-refractivity contribution in [2.24, 2.45) is 0 Å². The Morgan fingerprint density at radius 3 is 3.21 bits per heavy atom. The quantitative estimate of drug-likeness (QED) is 0.780. The van der Waals surface area contributed by atoms with Gasteiger partial charge in [0.25, 0.3) is 0 Å². The number of nitrogens with zero attached hydrogens (tertiary/aromatic N) is 1. The topological polar surface area (TPSA) is 48.9 Å². The van der Waals surface area contributed by atoms with E-state index in [1.54, 1.807) is 6.20 Å². The fourth-order valence-corrected chi connectivity index (χ4v) is 1.68. The number of H-pyrrole nitrogens is 1. The Labute approximate surface area is 82.8 Å². The van der Waals surface area contributed by atoms with E-state index in [9.17, 15) is 5.11 Å². The molecule has 0 bridgehead atoms. The van der Waals surface area contributed by atoms with Crippen LogP contribution in [0.25, 0.3) is 11.0 Å². The molecule has 0 aliphatic rings. The number of aromatic amines is 1. The molecule has 1 atom stereocenters. The van der Waals surface area contributed by atoms with Gasteiger partial charge in [-0.15, -0.1) is 0 Å². The minimum atomic E-state index is -0.377.